The van der Waals surface area contributed by atoms with Gasteiger partial charge in [-0.2, -0.15) is 0 Å². The van der Waals surface area contributed by atoms with Gasteiger partial charge in [-0.05, 0) is 36.5 Å². The number of benzene rings is 2. The van der Waals surface area contributed by atoms with Gasteiger partial charge in [0.2, 0.25) is 5.11 Å². The molecule has 0 aliphatic heterocycles. The average Bonchev–Trinajstić information content (AvgIpc) is 2.46. The van der Waals surface area contributed by atoms with E-state index in [0.717, 1.165) is 5.69 Å². The zero-order valence-electron chi connectivity index (χ0n) is 11.2. The molecule has 0 aliphatic rings. The molecule has 113 valence electrons. The van der Waals surface area contributed by atoms with Crippen molar-refractivity contribution in [2.75, 3.05) is 10.4 Å². The fourth-order valence-corrected chi connectivity index (χ4v) is 1.86. The van der Waals surface area contributed by atoms with Crippen molar-refractivity contribution in [1.82, 2.24) is 0 Å². The fraction of sp³-hybridized carbons (Fsp3) is 0.0667. The maximum atomic E-state index is 11.2. The van der Waals surface area contributed by atoms with Crippen molar-refractivity contribution in [1.29, 1.82) is 0 Å². The van der Waals surface area contributed by atoms with Crippen LogP contribution < -0.4 is 10.4 Å². The Morgan fingerprint density at radius 1 is 1.05 bits per heavy atom. The average molecular weight is 350 g/mol. The SMILES string of the molecule is CC(=O)ON(C(=S)Nc1ccccc1)c1ccccc1.[Cu]. The van der Waals surface area contributed by atoms with Gasteiger partial charge < -0.3 is 10.2 Å². The number of hydroxylamine groups is 1. The second-order valence-electron chi connectivity index (χ2n) is 4.01. The zero-order chi connectivity index (χ0) is 14.4. The van der Waals surface area contributed by atoms with Gasteiger partial charge >= 0.3 is 5.97 Å². The summed E-state index contributed by atoms with van der Waals surface area (Å²) in [7, 11) is 0. The van der Waals surface area contributed by atoms with Crippen LogP contribution in [0.3, 0.4) is 0 Å². The first-order valence-electron chi connectivity index (χ1n) is 6.06. The summed E-state index contributed by atoms with van der Waals surface area (Å²) in [6, 6.07) is 18.6. The molecule has 1 radical (unpaired) electrons. The van der Waals surface area contributed by atoms with Gasteiger partial charge in [-0.15, -0.1) is 5.06 Å². The van der Waals surface area contributed by atoms with Crippen LogP contribution in [0.4, 0.5) is 11.4 Å². The first-order chi connectivity index (χ1) is 9.66. The molecule has 0 atom stereocenters. The molecule has 0 unspecified atom stereocenters. The standard InChI is InChI=1S/C15H14N2O2S.Cu/c1-12(18)19-17(14-10-6-3-7-11-14)15(20)16-13-8-4-2-5-9-13;/h2-11H,1H3,(H,16,20);. The predicted molar refractivity (Wildman–Crippen MR) is 83.3 cm³/mol. The summed E-state index contributed by atoms with van der Waals surface area (Å²) >= 11 is 5.30. The summed E-state index contributed by atoms with van der Waals surface area (Å²) in [6.07, 6.45) is 0. The second-order valence-corrected chi connectivity index (χ2v) is 4.40. The Kier molecular flexibility index (Phi) is 6.88. The number of anilines is 2. The van der Waals surface area contributed by atoms with Gasteiger partial charge in [-0.1, -0.05) is 36.4 Å². The van der Waals surface area contributed by atoms with Crippen molar-refractivity contribution in [3.63, 3.8) is 0 Å². The van der Waals surface area contributed by atoms with E-state index >= 15 is 0 Å². The molecule has 4 nitrogen and oxygen atoms in total. The van der Waals surface area contributed by atoms with Gasteiger partial charge in [0.1, 0.15) is 0 Å². The number of carbonyl (C=O) groups excluding carboxylic acids is 1. The first kappa shape index (κ1) is 17.2. The molecule has 0 bridgehead atoms. The molecular formula is C15H14CuN2O2S. The van der Waals surface area contributed by atoms with E-state index in [1.54, 1.807) is 0 Å². The van der Waals surface area contributed by atoms with E-state index in [9.17, 15) is 4.79 Å². The molecule has 0 fully saturated rings. The minimum atomic E-state index is -0.439. The molecule has 0 aliphatic carbocycles. The van der Waals surface area contributed by atoms with E-state index in [1.165, 1.54) is 12.0 Å². The maximum Gasteiger partial charge on any atom is 0.329 e. The number of nitrogens with one attached hydrogen (secondary N) is 1. The smallest absolute Gasteiger partial charge is 0.329 e. The van der Waals surface area contributed by atoms with Gasteiger partial charge in [0.05, 0.1) is 5.69 Å². The van der Waals surface area contributed by atoms with Crippen LogP contribution in [0, 0.1) is 0 Å². The van der Waals surface area contributed by atoms with Crippen LogP contribution in [0.5, 0.6) is 0 Å². The monoisotopic (exact) mass is 349 g/mol. The largest absolute Gasteiger partial charge is 0.334 e. The summed E-state index contributed by atoms with van der Waals surface area (Å²) < 4.78 is 0. The van der Waals surface area contributed by atoms with Crippen molar-refractivity contribution in [2.45, 2.75) is 6.92 Å². The van der Waals surface area contributed by atoms with Gasteiger partial charge in [0, 0.05) is 29.7 Å². The molecule has 21 heavy (non-hydrogen) atoms. The van der Waals surface area contributed by atoms with Crippen LogP contribution in [-0.2, 0) is 26.7 Å². The normalized spacial score (nSPS) is 9.19. The number of carbonyl (C=O) groups is 1. The van der Waals surface area contributed by atoms with Gasteiger partial charge in [-0.25, -0.2) is 4.79 Å². The number of hydrogen-bond acceptors (Lipinski definition) is 3. The Hall–Kier alpha value is -1.88. The van der Waals surface area contributed by atoms with Crippen LogP contribution >= 0.6 is 12.2 Å². The van der Waals surface area contributed by atoms with Crippen LogP contribution in [-0.4, -0.2) is 11.1 Å². The second kappa shape index (κ2) is 8.42. The van der Waals surface area contributed by atoms with Crippen LogP contribution in [0.15, 0.2) is 60.7 Å². The van der Waals surface area contributed by atoms with Crippen molar-refractivity contribution in [2.24, 2.45) is 0 Å². The molecule has 0 spiro atoms. The van der Waals surface area contributed by atoms with Crippen molar-refractivity contribution >= 4 is 34.7 Å². The summed E-state index contributed by atoms with van der Waals surface area (Å²) in [5.74, 6) is -0.439. The maximum absolute atomic E-state index is 11.2. The summed E-state index contributed by atoms with van der Waals surface area (Å²) in [5, 5.41) is 4.61. The number of nitrogens with zero attached hydrogens (tertiary/aromatic N) is 1. The molecule has 0 heterocycles. The first-order valence-corrected chi connectivity index (χ1v) is 6.47. The quantitative estimate of drug-likeness (QED) is 0.511. The van der Waals surface area contributed by atoms with Crippen molar-refractivity contribution in [3.05, 3.63) is 60.7 Å². The molecule has 2 aromatic carbocycles. The molecule has 6 heteroatoms. The molecule has 0 saturated carbocycles. The number of rotatable bonds is 2. The number of para-hydroxylation sites is 2. The van der Waals surface area contributed by atoms with E-state index in [1.807, 2.05) is 60.7 Å². The number of thiocarbonyl (C=S) groups is 1. The Morgan fingerprint density at radius 2 is 1.57 bits per heavy atom. The van der Waals surface area contributed by atoms with Gasteiger partial charge in [0.25, 0.3) is 0 Å². The summed E-state index contributed by atoms with van der Waals surface area (Å²) in [5.41, 5.74) is 1.50. The van der Waals surface area contributed by atoms with Crippen LogP contribution in [0.1, 0.15) is 6.92 Å². The number of hydrogen-bond donors (Lipinski definition) is 1. The van der Waals surface area contributed by atoms with E-state index in [0.29, 0.717) is 5.69 Å². The topological polar surface area (TPSA) is 41.6 Å². The Labute approximate surface area is 139 Å². The van der Waals surface area contributed by atoms with E-state index in [2.05, 4.69) is 5.32 Å². The predicted octanol–water partition coefficient (Wildman–Crippen LogP) is 3.37. The van der Waals surface area contributed by atoms with E-state index in [-0.39, 0.29) is 22.2 Å². The molecular weight excluding hydrogens is 336 g/mol. The van der Waals surface area contributed by atoms with Gasteiger partial charge in [0.15, 0.2) is 0 Å². The minimum Gasteiger partial charge on any atom is -0.334 e. The van der Waals surface area contributed by atoms with E-state index in [4.69, 9.17) is 17.1 Å². The third-order valence-corrected chi connectivity index (χ3v) is 2.69. The molecule has 0 aromatic heterocycles. The molecule has 0 amide bonds. The Morgan fingerprint density at radius 3 is 2.10 bits per heavy atom. The molecule has 2 aromatic rings. The minimum absolute atomic E-state index is 0. The van der Waals surface area contributed by atoms with Crippen LogP contribution in [0.2, 0.25) is 0 Å². The van der Waals surface area contributed by atoms with Crippen LogP contribution in [0.25, 0.3) is 0 Å². The third kappa shape index (κ3) is 5.19. The third-order valence-electron chi connectivity index (χ3n) is 2.42. The fourth-order valence-electron chi connectivity index (χ4n) is 1.60. The Bertz CT molecular complexity index is 593. The zero-order valence-corrected chi connectivity index (χ0v) is 13.0. The summed E-state index contributed by atoms with van der Waals surface area (Å²) in [4.78, 5) is 16.4. The molecule has 1 N–H and O–H groups in total. The molecule has 0 saturated heterocycles. The molecule has 2 rings (SSSR count). The van der Waals surface area contributed by atoms with Crippen molar-refractivity contribution in [3.8, 4) is 0 Å². The summed E-state index contributed by atoms with van der Waals surface area (Å²) in [6.45, 7) is 1.33. The van der Waals surface area contributed by atoms with Gasteiger partial charge in [-0.3, -0.25) is 0 Å². The van der Waals surface area contributed by atoms with E-state index < -0.39 is 5.97 Å². The van der Waals surface area contributed by atoms with Crippen molar-refractivity contribution < 1.29 is 26.7 Å². The Balaban J connectivity index is 0.00000220.